The summed E-state index contributed by atoms with van der Waals surface area (Å²) in [6.45, 7) is 1.42. The third-order valence-corrected chi connectivity index (χ3v) is 4.49. The fourth-order valence-corrected chi connectivity index (χ4v) is 3.50. The highest BCUT2D eigenvalue weighted by atomic mass is 32.2. The highest BCUT2D eigenvalue weighted by Crippen LogP contribution is 2.30. The van der Waals surface area contributed by atoms with Crippen LogP contribution in [0, 0.1) is 0 Å². The lowest BCUT2D eigenvalue weighted by Crippen LogP contribution is -2.19. The number of carbonyl (C=O) groups excluding carboxylic acids is 2. The maximum atomic E-state index is 12.0. The molecule has 8 heteroatoms. The van der Waals surface area contributed by atoms with Crippen molar-refractivity contribution in [2.24, 2.45) is 4.99 Å². The third-order valence-electron chi connectivity index (χ3n) is 2.72. The number of hydrogen-bond acceptors (Lipinski definition) is 6. The van der Waals surface area contributed by atoms with Crippen molar-refractivity contribution in [3.8, 4) is 0 Å². The van der Waals surface area contributed by atoms with Crippen molar-refractivity contribution in [2.75, 3.05) is 5.32 Å². The average molecular weight is 344 g/mol. The number of anilines is 1. The molecule has 1 saturated heterocycles. The van der Waals surface area contributed by atoms with Gasteiger partial charge in [0.15, 0.2) is 10.3 Å². The van der Waals surface area contributed by atoms with Crippen LogP contribution in [0.15, 0.2) is 46.4 Å². The van der Waals surface area contributed by atoms with Gasteiger partial charge in [0.05, 0.1) is 15.5 Å². The van der Waals surface area contributed by atoms with Crippen LogP contribution in [-0.2, 0) is 9.59 Å². The normalized spacial score (nSPS) is 17.5. The lowest BCUT2D eigenvalue weighted by Gasteiger charge is -1.94. The number of aliphatic imine (C=N–C) groups is 1. The zero-order chi connectivity index (χ0) is 16.2. The largest absolute Gasteiger partial charge is 0.302 e. The van der Waals surface area contributed by atoms with E-state index < -0.39 is 0 Å². The fraction of sp³-hybridized carbons (Fsp3) is 0.0667. The average Bonchev–Trinajstić information content (AvgIpc) is 3.07. The molecule has 0 spiro atoms. The van der Waals surface area contributed by atoms with Crippen LogP contribution in [0.25, 0.3) is 6.08 Å². The quantitative estimate of drug-likeness (QED) is 0.839. The first kappa shape index (κ1) is 15.4. The summed E-state index contributed by atoms with van der Waals surface area (Å²) in [6.07, 6.45) is 3.35. The predicted molar refractivity (Wildman–Crippen MR) is 93.7 cm³/mol. The third kappa shape index (κ3) is 4.05. The topological polar surface area (TPSA) is 83.4 Å². The second-order valence-corrected chi connectivity index (χ2v) is 6.66. The van der Waals surface area contributed by atoms with Gasteiger partial charge in [0.25, 0.3) is 5.91 Å². The minimum atomic E-state index is -0.195. The Bertz CT molecular complexity index is 812. The van der Waals surface area contributed by atoms with Gasteiger partial charge in [0.1, 0.15) is 0 Å². The van der Waals surface area contributed by atoms with Crippen LogP contribution in [0.4, 0.5) is 10.8 Å². The van der Waals surface area contributed by atoms with E-state index in [4.69, 9.17) is 0 Å². The van der Waals surface area contributed by atoms with Gasteiger partial charge in [-0.2, -0.15) is 0 Å². The molecule has 3 rings (SSSR count). The number of aromatic nitrogens is 1. The molecule has 0 bridgehead atoms. The smallest absolute Gasteiger partial charge is 0.264 e. The van der Waals surface area contributed by atoms with E-state index in [1.807, 2.05) is 30.3 Å². The molecule has 116 valence electrons. The van der Waals surface area contributed by atoms with E-state index >= 15 is 0 Å². The van der Waals surface area contributed by atoms with Crippen LogP contribution in [0.2, 0.25) is 0 Å². The Kier molecular flexibility index (Phi) is 4.54. The number of amidine groups is 1. The molecule has 2 N–H and O–H groups in total. The highest BCUT2D eigenvalue weighted by Gasteiger charge is 2.24. The number of thiazole rings is 1. The Labute approximate surface area is 140 Å². The molecule has 0 radical (unpaired) electrons. The van der Waals surface area contributed by atoms with E-state index in [2.05, 4.69) is 20.6 Å². The van der Waals surface area contributed by atoms with Gasteiger partial charge in [-0.05, 0) is 30.0 Å². The number of hydrogen-bond donors (Lipinski definition) is 2. The summed E-state index contributed by atoms with van der Waals surface area (Å²) in [5.41, 5.74) is 0.780. The number of amides is 2. The van der Waals surface area contributed by atoms with E-state index in [-0.39, 0.29) is 11.8 Å². The van der Waals surface area contributed by atoms with Crippen molar-refractivity contribution < 1.29 is 9.59 Å². The summed E-state index contributed by atoms with van der Waals surface area (Å²) in [7, 11) is 0. The molecule has 1 aliphatic rings. The van der Waals surface area contributed by atoms with Gasteiger partial charge in [-0.3, -0.25) is 9.59 Å². The lowest BCUT2D eigenvalue weighted by atomic mass is 10.3. The van der Waals surface area contributed by atoms with Crippen molar-refractivity contribution in [1.82, 2.24) is 10.3 Å². The summed E-state index contributed by atoms with van der Waals surface area (Å²) in [6, 6.07) is 9.41. The highest BCUT2D eigenvalue weighted by molar-refractivity contribution is 8.18. The number of nitrogens with one attached hydrogen (secondary N) is 2. The van der Waals surface area contributed by atoms with E-state index in [9.17, 15) is 9.59 Å². The number of thioether (sulfide) groups is 1. The summed E-state index contributed by atoms with van der Waals surface area (Å²) in [5, 5.41) is 6.39. The number of benzene rings is 1. The van der Waals surface area contributed by atoms with Gasteiger partial charge < -0.3 is 10.6 Å². The van der Waals surface area contributed by atoms with Crippen LogP contribution >= 0.6 is 23.1 Å². The Balaban J connectivity index is 1.76. The van der Waals surface area contributed by atoms with Crippen LogP contribution in [-0.4, -0.2) is 22.0 Å². The van der Waals surface area contributed by atoms with Gasteiger partial charge >= 0.3 is 0 Å². The Morgan fingerprint density at radius 3 is 2.87 bits per heavy atom. The van der Waals surface area contributed by atoms with Gasteiger partial charge in [-0.25, -0.2) is 9.98 Å². The molecule has 2 aromatic rings. The predicted octanol–water partition coefficient (Wildman–Crippen LogP) is 2.99. The summed E-state index contributed by atoms with van der Waals surface area (Å²) in [5.74, 6) is -0.372. The first-order valence-electron chi connectivity index (χ1n) is 6.68. The van der Waals surface area contributed by atoms with Crippen LogP contribution in [0.5, 0.6) is 0 Å². The molecular weight excluding hydrogens is 332 g/mol. The lowest BCUT2D eigenvalue weighted by molar-refractivity contribution is -0.115. The van der Waals surface area contributed by atoms with E-state index in [0.717, 1.165) is 10.6 Å². The molecule has 23 heavy (non-hydrogen) atoms. The minimum absolute atomic E-state index is 0.177. The first-order valence-corrected chi connectivity index (χ1v) is 8.31. The molecule has 1 aromatic carbocycles. The zero-order valence-electron chi connectivity index (χ0n) is 12.1. The summed E-state index contributed by atoms with van der Waals surface area (Å²) >= 11 is 2.58. The molecule has 2 heterocycles. The monoisotopic (exact) mass is 344 g/mol. The standard InChI is InChI=1S/C15H12N4O2S2/c1-9(20)17-14-16-8-11(22-14)7-12-13(21)19-15(23-12)18-10-5-3-2-4-6-10/h2-8H,1H3,(H,16,17,20)(H,18,19,21)/b12-7-. The van der Waals surface area contributed by atoms with Gasteiger partial charge in [0, 0.05) is 13.1 Å². The number of rotatable bonds is 3. The summed E-state index contributed by atoms with van der Waals surface area (Å²) < 4.78 is 0. The molecule has 0 atom stereocenters. The first-order chi connectivity index (χ1) is 11.1. The second kappa shape index (κ2) is 6.76. The van der Waals surface area contributed by atoms with Crippen LogP contribution < -0.4 is 10.6 Å². The number of para-hydroxylation sites is 1. The molecule has 1 aromatic heterocycles. The van der Waals surface area contributed by atoms with Crippen LogP contribution in [0.1, 0.15) is 11.8 Å². The van der Waals surface area contributed by atoms with Gasteiger partial charge in [0.2, 0.25) is 5.91 Å². The maximum absolute atomic E-state index is 12.0. The maximum Gasteiger partial charge on any atom is 0.264 e. The van der Waals surface area contributed by atoms with E-state index in [1.165, 1.54) is 30.0 Å². The molecule has 0 unspecified atom stereocenters. The van der Waals surface area contributed by atoms with Crippen molar-refractivity contribution in [1.29, 1.82) is 0 Å². The molecule has 0 saturated carbocycles. The Morgan fingerprint density at radius 2 is 2.13 bits per heavy atom. The molecular formula is C15H12N4O2S2. The number of nitrogens with zero attached hydrogens (tertiary/aromatic N) is 2. The Hall–Kier alpha value is -2.45. The molecule has 0 aliphatic carbocycles. The molecule has 6 nitrogen and oxygen atoms in total. The molecule has 2 amide bonds. The molecule has 1 aliphatic heterocycles. The zero-order valence-corrected chi connectivity index (χ0v) is 13.7. The van der Waals surface area contributed by atoms with E-state index in [0.29, 0.717) is 15.2 Å². The van der Waals surface area contributed by atoms with Crippen molar-refractivity contribution >= 4 is 57.0 Å². The van der Waals surface area contributed by atoms with Crippen molar-refractivity contribution in [3.05, 3.63) is 46.3 Å². The Morgan fingerprint density at radius 1 is 1.35 bits per heavy atom. The van der Waals surface area contributed by atoms with E-state index in [1.54, 1.807) is 12.3 Å². The summed E-state index contributed by atoms with van der Waals surface area (Å²) in [4.78, 5) is 32.8. The second-order valence-electron chi connectivity index (χ2n) is 4.57. The van der Waals surface area contributed by atoms with Gasteiger partial charge in [-0.15, -0.1) is 0 Å². The van der Waals surface area contributed by atoms with Gasteiger partial charge in [-0.1, -0.05) is 29.5 Å². The van der Waals surface area contributed by atoms with Crippen molar-refractivity contribution in [3.63, 3.8) is 0 Å². The SMILES string of the molecule is CC(=O)Nc1ncc(/C=C2\S/C(=N\c3ccccc3)NC2=O)s1. The fourth-order valence-electron chi connectivity index (χ4n) is 1.79. The number of carbonyl (C=O) groups is 2. The van der Waals surface area contributed by atoms with Crippen LogP contribution in [0.3, 0.4) is 0 Å². The molecule has 1 fully saturated rings. The van der Waals surface area contributed by atoms with Crippen molar-refractivity contribution in [2.45, 2.75) is 6.92 Å². The minimum Gasteiger partial charge on any atom is -0.302 e.